The number of methoxy groups -OCH3 is 2. The van der Waals surface area contributed by atoms with E-state index < -0.39 is 5.69 Å². The number of thiophene rings is 1. The number of fused-ring (bicyclic) bond motifs is 1. The Kier molecular flexibility index (Phi) is 5.17. The lowest BCUT2D eigenvalue weighted by Crippen LogP contribution is -2.39. The van der Waals surface area contributed by atoms with E-state index in [4.69, 9.17) is 9.47 Å². The first kappa shape index (κ1) is 19.9. The van der Waals surface area contributed by atoms with E-state index in [2.05, 4.69) is 4.98 Å². The molecule has 154 valence electrons. The summed E-state index contributed by atoms with van der Waals surface area (Å²) in [5, 5.41) is 0.541. The standard InChI is InChI=1S/C22H21N3O4S/c1-13-14(2)30-21-19(13)20(26)25(17-8-7-16(28-3)10-18(17)29-4)22(27)24(21)12-15-6-5-9-23-11-15/h5-11H,12H2,1-4H3. The summed E-state index contributed by atoms with van der Waals surface area (Å²) in [6, 6.07) is 8.75. The van der Waals surface area contributed by atoms with Gasteiger partial charge >= 0.3 is 5.69 Å². The number of pyridine rings is 1. The normalized spacial score (nSPS) is 11.1. The third-order valence-corrected chi connectivity index (χ3v) is 6.37. The van der Waals surface area contributed by atoms with Gasteiger partial charge in [-0.25, -0.2) is 9.36 Å². The van der Waals surface area contributed by atoms with Crippen LogP contribution in [-0.2, 0) is 6.54 Å². The molecule has 0 fully saturated rings. The minimum absolute atomic E-state index is 0.307. The zero-order valence-electron chi connectivity index (χ0n) is 17.1. The van der Waals surface area contributed by atoms with E-state index in [1.165, 1.54) is 23.0 Å². The van der Waals surface area contributed by atoms with Crippen molar-refractivity contribution in [3.63, 3.8) is 0 Å². The van der Waals surface area contributed by atoms with E-state index in [0.29, 0.717) is 33.9 Å². The fourth-order valence-electron chi connectivity index (χ4n) is 3.45. The minimum atomic E-state index is -0.430. The maximum absolute atomic E-state index is 13.6. The maximum Gasteiger partial charge on any atom is 0.337 e. The van der Waals surface area contributed by atoms with Gasteiger partial charge in [0, 0.05) is 23.3 Å². The highest BCUT2D eigenvalue weighted by atomic mass is 32.1. The molecule has 4 rings (SSSR count). The molecular weight excluding hydrogens is 402 g/mol. The van der Waals surface area contributed by atoms with E-state index in [1.807, 2.05) is 26.0 Å². The van der Waals surface area contributed by atoms with Gasteiger partial charge in [-0.05, 0) is 43.2 Å². The molecule has 1 aromatic carbocycles. The van der Waals surface area contributed by atoms with Gasteiger partial charge < -0.3 is 9.47 Å². The Morgan fingerprint density at radius 1 is 1.10 bits per heavy atom. The van der Waals surface area contributed by atoms with Crippen molar-refractivity contribution < 1.29 is 9.47 Å². The quantitative estimate of drug-likeness (QED) is 0.492. The number of ether oxygens (including phenoxy) is 2. The van der Waals surface area contributed by atoms with E-state index in [-0.39, 0.29) is 5.56 Å². The van der Waals surface area contributed by atoms with Gasteiger partial charge in [-0.2, -0.15) is 0 Å². The van der Waals surface area contributed by atoms with E-state index in [0.717, 1.165) is 16.0 Å². The highest BCUT2D eigenvalue weighted by molar-refractivity contribution is 7.18. The molecule has 0 N–H and O–H groups in total. The lowest BCUT2D eigenvalue weighted by atomic mass is 10.2. The molecule has 0 saturated carbocycles. The summed E-state index contributed by atoms with van der Waals surface area (Å²) in [5.74, 6) is 0.952. The van der Waals surface area contributed by atoms with Crippen LogP contribution < -0.4 is 20.7 Å². The Morgan fingerprint density at radius 3 is 2.57 bits per heavy atom. The maximum atomic E-state index is 13.6. The predicted octanol–water partition coefficient (Wildman–Crippen LogP) is 3.29. The van der Waals surface area contributed by atoms with Crippen molar-refractivity contribution in [2.75, 3.05) is 14.2 Å². The molecular formula is C22H21N3O4S. The van der Waals surface area contributed by atoms with Gasteiger partial charge in [-0.1, -0.05) is 6.07 Å². The van der Waals surface area contributed by atoms with E-state index in [1.54, 1.807) is 42.3 Å². The smallest absolute Gasteiger partial charge is 0.337 e. The van der Waals surface area contributed by atoms with Gasteiger partial charge in [0.15, 0.2) is 0 Å². The highest BCUT2D eigenvalue weighted by Gasteiger charge is 2.21. The van der Waals surface area contributed by atoms with Crippen LogP contribution >= 0.6 is 11.3 Å². The van der Waals surface area contributed by atoms with Gasteiger partial charge in [0.2, 0.25) is 0 Å². The van der Waals surface area contributed by atoms with Crippen LogP contribution in [0.3, 0.4) is 0 Å². The molecule has 0 amide bonds. The van der Waals surface area contributed by atoms with Crippen LogP contribution in [0.4, 0.5) is 0 Å². The fourth-order valence-corrected chi connectivity index (χ4v) is 4.59. The molecule has 0 unspecified atom stereocenters. The first-order chi connectivity index (χ1) is 14.5. The second-order valence-electron chi connectivity index (χ2n) is 6.87. The number of benzene rings is 1. The average Bonchev–Trinajstić information content (AvgIpc) is 3.06. The molecule has 7 nitrogen and oxygen atoms in total. The molecule has 3 aromatic heterocycles. The summed E-state index contributed by atoms with van der Waals surface area (Å²) < 4.78 is 13.5. The molecule has 0 aliphatic heterocycles. The minimum Gasteiger partial charge on any atom is -0.497 e. The zero-order valence-corrected chi connectivity index (χ0v) is 17.9. The van der Waals surface area contributed by atoms with Crippen LogP contribution in [0, 0.1) is 13.8 Å². The number of hydrogen-bond acceptors (Lipinski definition) is 6. The van der Waals surface area contributed by atoms with Crippen molar-refractivity contribution in [2.24, 2.45) is 0 Å². The SMILES string of the molecule is COc1ccc(-n2c(=O)c3c(C)c(C)sc3n(Cc3cccnc3)c2=O)c(OC)c1. The molecule has 0 saturated heterocycles. The Morgan fingerprint density at radius 2 is 1.90 bits per heavy atom. The van der Waals surface area contributed by atoms with Crippen molar-refractivity contribution in [2.45, 2.75) is 20.4 Å². The van der Waals surface area contributed by atoms with E-state index >= 15 is 0 Å². The zero-order chi connectivity index (χ0) is 21.4. The molecule has 8 heteroatoms. The van der Waals surface area contributed by atoms with Crippen LogP contribution in [0.25, 0.3) is 15.9 Å². The van der Waals surface area contributed by atoms with Crippen molar-refractivity contribution in [1.29, 1.82) is 0 Å². The average molecular weight is 423 g/mol. The first-order valence-corrected chi connectivity index (χ1v) is 10.1. The highest BCUT2D eigenvalue weighted by Crippen LogP contribution is 2.30. The van der Waals surface area contributed by atoms with Gasteiger partial charge in [0.05, 0.1) is 31.8 Å². The molecule has 0 radical (unpaired) electrons. The largest absolute Gasteiger partial charge is 0.497 e. The summed E-state index contributed by atoms with van der Waals surface area (Å²) in [7, 11) is 3.04. The Labute approximate surface area is 176 Å². The fraction of sp³-hybridized carbons (Fsp3) is 0.227. The van der Waals surface area contributed by atoms with Gasteiger partial charge in [-0.3, -0.25) is 14.3 Å². The van der Waals surface area contributed by atoms with Crippen molar-refractivity contribution >= 4 is 21.6 Å². The molecule has 0 aliphatic carbocycles. The molecule has 0 atom stereocenters. The Hall–Kier alpha value is -3.39. The van der Waals surface area contributed by atoms with Crippen molar-refractivity contribution in [1.82, 2.24) is 14.1 Å². The number of aromatic nitrogens is 3. The Bertz CT molecular complexity index is 1350. The summed E-state index contributed by atoms with van der Waals surface area (Å²) >= 11 is 1.45. The molecule has 30 heavy (non-hydrogen) atoms. The molecule has 0 aliphatic rings. The lowest BCUT2D eigenvalue weighted by Gasteiger charge is -2.15. The van der Waals surface area contributed by atoms with Crippen LogP contribution in [0.15, 0.2) is 52.3 Å². The van der Waals surface area contributed by atoms with Crippen LogP contribution in [0.2, 0.25) is 0 Å². The summed E-state index contributed by atoms with van der Waals surface area (Å²) in [5.41, 5.74) is 1.33. The summed E-state index contributed by atoms with van der Waals surface area (Å²) in [4.78, 5) is 32.8. The lowest BCUT2D eigenvalue weighted by molar-refractivity contribution is 0.392. The molecule has 0 spiro atoms. The summed E-state index contributed by atoms with van der Waals surface area (Å²) in [6.45, 7) is 4.17. The number of nitrogens with zero attached hydrogens (tertiary/aromatic N) is 3. The van der Waals surface area contributed by atoms with Gasteiger partial charge in [-0.15, -0.1) is 11.3 Å². The van der Waals surface area contributed by atoms with E-state index in [9.17, 15) is 9.59 Å². The van der Waals surface area contributed by atoms with Gasteiger partial charge in [0.25, 0.3) is 5.56 Å². The van der Waals surface area contributed by atoms with Crippen molar-refractivity contribution in [3.05, 3.63) is 79.6 Å². The number of hydrogen-bond donors (Lipinski definition) is 0. The monoisotopic (exact) mass is 423 g/mol. The number of rotatable bonds is 5. The second-order valence-corrected chi connectivity index (χ2v) is 8.07. The number of aryl methyl sites for hydroxylation is 2. The Balaban J connectivity index is 2.08. The topological polar surface area (TPSA) is 75.4 Å². The molecule has 3 heterocycles. The predicted molar refractivity (Wildman–Crippen MR) is 118 cm³/mol. The summed E-state index contributed by atoms with van der Waals surface area (Å²) in [6.07, 6.45) is 3.40. The third kappa shape index (κ3) is 3.19. The van der Waals surface area contributed by atoms with Crippen molar-refractivity contribution in [3.8, 4) is 17.2 Å². The van der Waals surface area contributed by atoms with Crippen LogP contribution in [0.5, 0.6) is 11.5 Å². The first-order valence-electron chi connectivity index (χ1n) is 9.33. The molecule has 4 aromatic rings. The molecule has 0 bridgehead atoms. The van der Waals surface area contributed by atoms with Crippen LogP contribution in [0.1, 0.15) is 16.0 Å². The second kappa shape index (κ2) is 7.79. The van der Waals surface area contributed by atoms with Crippen LogP contribution in [-0.4, -0.2) is 28.3 Å². The third-order valence-electron chi connectivity index (χ3n) is 5.14. The van der Waals surface area contributed by atoms with Gasteiger partial charge in [0.1, 0.15) is 16.3 Å².